The summed E-state index contributed by atoms with van der Waals surface area (Å²) in [5.41, 5.74) is 8.01. The maximum Gasteiger partial charge on any atom is 0.229 e. The number of carbonyl (C=O) groups is 1. The van der Waals surface area contributed by atoms with Crippen LogP contribution in [-0.2, 0) is 11.2 Å². The maximum atomic E-state index is 14.7. The minimum atomic E-state index is -0.863. The zero-order chi connectivity index (χ0) is 24.8. The summed E-state index contributed by atoms with van der Waals surface area (Å²) < 4.78 is 28.3. The Morgan fingerprint density at radius 3 is 2.63 bits per heavy atom. The quantitative estimate of drug-likeness (QED) is 0.394. The van der Waals surface area contributed by atoms with Crippen molar-refractivity contribution in [2.24, 2.45) is 5.73 Å². The van der Waals surface area contributed by atoms with Gasteiger partial charge in [-0.2, -0.15) is 5.26 Å². The van der Waals surface area contributed by atoms with Gasteiger partial charge in [-0.3, -0.25) is 9.78 Å². The minimum absolute atomic E-state index is 0.0618. The molecule has 1 unspecified atom stereocenters. The van der Waals surface area contributed by atoms with Gasteiger partial charge in [0.2, 0.25) is 5.91 Å². The summed E-state index contributed by atoms with van der Waals surface area (Å²) in [7, 11) is 0. The largest absolute Gasteiger partial charge is 0.369 e. The number of nitrogens with two attached hydrogens (primary N) is 1. The third-order valence-electron chi connectivity index (χ3n) is 5.53. The van der Waals surface area contributed by atoms with E-state index in [-0.39, 0.29) is 22.6 Å². The molecule has 8 heteroatoms. The Kier molecular flexibility index (Phi) is 7.07. The summed E-state index contributed by atoms with van der Waals surface area (Å²) in [4.78, 5) is 21.2. The summed E-state index contributed by atoms with van der Waals surface area (Å²) in [5, 5.41) is 12.7. The van der Waals surface area contributed by atoms with Gasteiger partial charge in [0.25, 0.3) is 0 Å². The lowest BCUT2D eigenvalue weighted by atomic mass is 9.91. The van der Waals surface area contributed by atoms with Crippen molar-refractivity contribution in [3.8, 4) is 17.3 Å². The topological polar surface area (TPSA) is 105 Å². The highest BCUT2D eigenvalue weighted by Crippen LogP contribution is 2.33. The van der Waals surface area contributed by atoms with E-state index < -0.39 is 17.6 Å². The van der Waals surface area contributed by atoms with Gasteiger partial charge in [-0.25, -0.2) is 13.8 Å². The first kappa shape index (κ1) is 23.5. The lowest BCUT2D eigenvalue weighted by Crippen LogP contribution is -2.24. The Labute approximate surface area is 201 Å². The lowest BCUT2D eigenvalue weighted by molar-refractivity contribution is -0.118. The fourth-order valence-corrected chi connectivity index (χ4v) is 3.92. The summed E-state index contributed by atoms with van der Waals surface area (Å²) in [6.45, 7) is 0.355. The molecule has 0 saturated heterocycles. The molecule has 0 bridgehead atoms. The molecule has 3 N–H and O–H groups in total. The van der Waals surface area contributed by atoms with Crippen molar-refractivity contribution < 1.29 is 13.6 Å². The Morgan fingerprint density at radius 1 is 1.09 bits per heavy atom. The van der Waals surface area contributed by atoms with Crippen molar-refractivity contribution in [2.45, 2.75) is 12.3 Å². The molecule has 0 radical (unpaired) electrons. The van der Waals surface area contributed by atoms with Gasteiger partial charge in [0.15, 0.2) is 0 Å². The van der Waals surface area contributed by atoms with Crippen LogP contribution in [0.5, 0.6) is 0 Å². The number of aromatic nitrogens is 2. The number of nitrogens with one attached hydrogen (secondary N) is 1. The van der Waals surface area contributed by atoms with Crippen LogP contribution in [-0.4, -0.2) is 22.4 Å². The van der Waals surface area contributed by atoms with Crippen molar-refractivity contribution in [1.29, 1.82) is 5.26 Å². The first-order chi connectivity index (χ1) is 17.0. The van der Waals surface area contributed by atoms with Crippen LogP contribution < -0.4 is 11.1 Å². The number of carbonyl (C=O) groups excluding carboxylic acids is 1. The maximum absolute atomic E-state index is 14.7. The van der Waals surface area contributed by atoms with Crippen LogP contribution in [0.15, 0.2) is 79.1 Å². The molecule has 6 nitrogen and oxygen atoms in total. The molecule has 4 rings (SSSR count). The number of anilines is 1. The van der Waals surface area contributed by atoms with Crippen molar-refractivity contribution in [1.82, 2.24) is 9.97 Å². The van der Waals surface area contributed by atoms with Crippen LogP contribution in [0.4, 0.5) is 14.6 Å². The lowest BCUT2D eigenvalue weighted by Gasteiger charge is -2.19. The van der Waals surface area contributed by atoms with Crippen molar-refractivity contribution in [2.75, 3.05) is 11.9 Å². The van der Waals surface area contributed by atoms with Crippen LogP contribution in [0.2, 0.25) is 0 Å². The molecular weight excluding hydrogens is 448 g/mol. The monoisotopic (exact) mass is 469 g/mol. The van der Waals surface area contributed by atoms with E-state index in [4.69, 9.17) is 5.73 Å². The van der Waals surface area contributed by atoms with Crippen LogP contribution in [0.1, 0.15) is 28.2 Å². The van der Waals surface area contributed by atoms with E-state index in [0.29, 0.717) is 29.9 Å². The molecule has 0 spiro atoms. The number of nitriles is 1. The summed E-state index contributed by atoms with van der Waals surface area (Å²) >= 11 is 0. The molecule has 0 aliphatic heterocycles. The highest BCUT2D eigenvalue weighted by atomic mass is 19.1. The summed E-state index contributed by atoms with van der Waals surface area (Å²) in [6.07, 6.45) is 3.60. The summed E-state index contributed by atoms with van der Waals surface area (Å²) in [5.74, 6) is -2.09. The van der Waals surface area contributed by atoms with Gasteiger partial charge in [-0.15, -0.1) is 0 Å². The second-order valence-electron chi connectivity index (χ2n) is 7.84. The van der Waals surface area contributed by atoms with Crippen LogP contribution in [0, 0.1) is 23.0 Å². The summed E-state index contributed by atoms with van der Waals surface area (Å²) in [6, 6.07) is 19.1. The Balaban J connectivity index is 1.77. The van der Waals surface area contributed by atoms with Crippen LogP contribution >= 0.6 is 0 Å². The zero-order valence-electron chi connectivity index (χ0n) is 18.6. The second-order valence-corrected chi connectivity index (χ2v) is 7.84. The number of primary amides is 1. The van der Waals surface area contributed by atoms with Gasteiger partial charge >= 0.3 is 0 Å². The van der Waals surface area contributed by atoms with E-state index in [1.165, 1.54) is 30.3 Å². The molecular formula is C27H21F2N5O. The van der Waals surface area contributed by atoms with Gasteiger partial charge in [0.05, 0.1) is 28.8 Å². The molecule has 174 valence electrons. The standard InChI is InChI=1S/C27H21F2N5O/c28-20-7-1-4-17(14-20)11-13-33-27-21(24(26(31)35)19-6-3-12-32-16-19)9-10-23(34-27)25-18(15-30)5-2-8-22(25)29/h1-10,12,14,16,24H,11,13H2,(H2,31,35)(H,33,34). The number of pyridine rings is 2. The molecule has 0 saturated carbocycles. The molecule has 0 aliphatic rings. The fourth-order valence-electron chi connectivity index (χ4n) is 3.92. The van der Waals surface area contributed by atoms with Crippen molar-refractivity contribution in [3.63, 3.8) is 0 Å². The first-order valence-corrected chi connectivity index (χ1v) is 10.9. The minimum Gasteiger partial charge on any atom is -0.369 e. The number of benzene rings is 2. The number of nitrogens with zero attached hydrogens (tertiary/aromatic N) is 3. The molecule has 4 aromatic rings. The van der Waals surface area contributed by atoms with Gasteiger partial charge in [0, 0.05) is 24.5 Å². The molecule has 0 fully saturated rings. The second kappa shape index (κ2) is 10.5. The van der Waals surface area contributed by atoms with E-state index in [2.05, 4.69) is 15.3 Å². The van der Waals surface area contributed by atoms with E-state index in [1.54, 1.807) is 48.8 Å². The highest BCUT2D eigenvalue weighted by molar-refractivity contribution is 5.87. The van der Waals surface area contributed by atoms with Crippen molar-refractivity contribution in [3.05, 3.63) is 113 Å². The normalized spacial score (nSPS) is 11.5. The Bertz CT molecular complexity index is 1400. The van der Waals surface area contributed by atoms with Gasteiger partial charge in [-0.05, 0) is 53.9 Å². The number of hydrogen-bond acceptors (Lipinski definition) is 5. The van der Waals surface area contributed by atoms with Gasteiger partial charge in [-0.1, -0.05) is 30.3 Å². The predicted molar refractivity (Wildman–Crippen MR) is 128 cm³/mol. The van der Waals surface area contributed by atoms with Crippen LogP contribution in [0.25, 0.3) is 11.3 Å². The van der Waals surface area contributed by atoms with Crippen molar-refractivity contribution >= 4 is 11.7 Å². The number of rotatable bonds is 8. The average molecular weight is 469 g/mol. The van der Waals surface area contributed by atoms with E-state index in [9.17, 15) is 18.8 Å². The van der Waals surface area contributed by atoms with E-state index in [0.717, 1.165) is 5.56 Å². The third-order valence-corrected chi connectivity index (χ3v) is 5.53. The smallest absolute Gasteiger partial charge is 0.229 e. The first-order valence-electron chi connectivity index (χ1n) is 10.9. The molecule has 2 aromatic heterocycles. The number of halogens is 2. The molecule has 2 heterocycles. The third kappa shape index (κ3) is 5.31. The Morgan fingerprint density at radius 2 is 1.91 bits per heavy atom. The van der Waals surface area contributed by atoms with Gasteiger partial charge < -0.3 is 11.1 Å². The predicted octanol–water partition coefficient (Wildman–Crippen LogP) is 4.57. The SMILES string of the molecule is N#Cc1cccc(F)c1-c1ccc(C(C(N)=O)c2cccnc2)c(NCCc2cccc(F)c2)n1. The number of hydrogen-bond donors (Lipinski definition) is 2. The molecule has 2 aromatic carbocycles. The van der Waals surface area contributed by atoms with Gasteiger partial charge in [0.1, 0.15) is 17.5 Å². The van der Waals surface area contributed by atoms with Crippen LogP contribution in [0.3, 0.4) is 0 Å². The molecule has 1 amide bonds. The highest BCUT2D eigenvalue weighted by Gasteiger charge is 2.25. The van der Waals surface area contributed by atoms with E-state index in [1.807, 2.05) is 6.07 Å². The molecule has 0 aliphatic carbocycles. The van der Waals surface area contributed by atoms with E-state index >= 15 is 0 Å². The zero-order valence-corrected chi connectivity index (χ0v) is 18.6. The Hall–Kier alpha value is -4.64. The number of amides is 1. The fraction of sp³-hybridized carbons (Fsp3) is 0.111. The molecule has 35 heavy (non-hydrogen) atoms. The average Bonchev–Trinajstić information content (AvgIpc) is 2.85. The molecule has 1 atom stereocenters.